The van der Waals surface area contributed by atoms with Crippen LogP contribution < -0.4 is 5.32 Å². The lowest BCUT2D eigenvalue weighted by Crippen LogP contribution is -2.41. The van der Waals surface area contributed by atoms with E-state index in [0.29, 0.717) is 5.56 Å². The molecule has 19 heavy (non-hydrogen) atoms. The van der Waals surface area contributed by atoms with Crippen molar-refractivity contribution in [3.8, 4) is 0 Å². The number of amides is 1. The van der Waals surface area contributed by atoms with Crippen LogP contribution in [-0.4, -0.2) is 30.8 Å². The van der Waals surface area contributed by atoms with Crippen molar-refractivity contribution in [2.45, 2.75) is 26.3 Å². The number of ether oxygens (including phenoxy) is 1. The van der Waals surface area contributed by atoms with Crippen molar-refractivity contribution in [2.75, 3.05) is 7.11 Å². The highest BCUT2D eigenvalue weighted by molar-refractivity contribution is 5.98. The minimum absolute atomic E-state index is 0.163. The van der Waals surface area contributed by atoms with Crippen LogP contribution in [0.5, 0.6) is 0 Å². The Hall–Kier alpha value is -2.17. The highest BCUT2D eigenvalue weighted by Gasteiger charge is 2.21. The number of methoxy groups -OCH3 is 1. The van der Waals surface area contributed by atoms with E-state index in [0.717, 1.165) is 5.56 Å². The molecule has 5 nitrogen and oxygen atoms in total. The summed E-state index contributed by atoms with van der Waals surface area (Å²) in [7, 11) is 1.24. The van der Waals surface area contributed by atoms with Gasteiger partial charge >= 0.3 is 5.97 Å². The van der Waals surface area contributed by atoms with E-state index < -0.39 is 12.0 Å². The number of esters is 1. The SMILES string of the molecule is COC(=O)C[C@H](NC(=O)c1ccc(C)cc1)C(C)=O. The number of benzene rings is 1. The molecule has 0 saturated heterocycles. The fraction of sp³-hybridized carbons (Fsp3) is 0.357. The number of ketones is 1. The number of carbonyl (C=O) groups excluding carboxylic acids is 3. The normalized spacial score (nSPS) is 11.5. The van der Waals surface area contributed by atoms with Crippen LogP contribution in [0.15, 0.2) is 24.3 Å². The Morgan fingerprint density at radius 2 is 1.79 bits per heavy atom. The van der Waals surface area contributed by atoms with Crippen LogP contribution in [0.1, 0.15) is 29.3 Å². The molecular formula is C14H17NO4. The first-order valence-corrected chi connectivity index (χ1v) is 5.89. The maximum Gasteiger partial charge on any atom is 0.308 e. The highest BCUT2D eigenvalue weighted by atomic mass is 16.5. The fourth-order valence-electron chi connectivity index (χ4n) is 1.49. The van der Waals surface area contributed by atoms with E-state index in [1.54, 1.807) is 24.3 Å². The largest absolute Gasteiger partial charge is 0.469 e. The van der Waals surface area contributed by atoms with E-state index in [4.69, 9.17) is 0 Å². The molecule has 0 aliphatic carbocycles. The van der Waals surface area contributed by atoms with Gasteiger partial charge in [0.05, 0.1) is 19.6 Å². The number of Topliss-reactive ketones (excluding diaryl/α,β-unsaturated/α-hetero) is 1. The number of hydrogen-bond donors (Lipinski definition) is 1. The van der Waals surface area contributed by atoms with Gasteiger partial charge in [-0.15, -0.1) is 0 Å². The molecule has 0 saturated carbocycles. The molecule has 1 rings (SSSR count). The third kappa shape index (κ3) is 4.54. The van der Waals surface area contributed by atoms with Gasteiger partial charge in [0.15, 0.2) is 5.78 Å². The van der Waals surface area contributed by atoms with Gasteiger partial charge < -0.3 is 10.1 Å². The van der Waals surface area contributed by atoms with E-state index in [-0.39, 0.29) is 18.1 Å². The molecule has 0 aromatic heterocycles. The lowest BCUT2D eigenvalue weighted by Gasteiger charge is -2.14. The monoisotopic (exact) mass is 263 g/mol. The molecule has 0 unspecified atom stereocenters. The summed E-state index contributed by atoms with van der Waals surface area (Å²) in [5, 5.41) is 2.53. The molecule has 102 valence electrons. The summed E-state index contributed by atoms with van der Waals surface area (Å²) in [6.07, 6.45) is -0.163. The second kappa shape index (κ2) is 6.68. The van der Waals surface area contributed by atoms with Gasteiger partial charge in [0, 0.05) is 5.56 Å². The number of hydrogen-bond acceptors (Lipinski definition) is 4. The Morgan fingerprint density at radius 3 is 2.26 bits per heavy atom. The smallest absolute Gasteiger partial charge is 0.308 e. The van der Waals surface area contributed by atoms with E-state index in [9.17, 15) is 14.4 Å². The fourth-order valence-corrected chi connectivity index (χ4v) is 1.49. The predicted octanol–water partition coefficient (Wildman–Crippen LogP) is 1.25. The highest BCUT2D eigenvalue weighted by Crippen LogP contribution is 2.05. The van der Waals surface area contributed by atoms with E-state index in [1.165, 1.54) is 14.0 Å². The van der Waals surface area contributed by atoms with Crippen LogP contribution in [0.25, 0.3) is 0 Å². The Balaban J connectivity index is 2.73. The zero-order valence-electron chi connectivity index (χ0n) is 11.2. The molecule has 1 amide bonds. The Bertz CT molecular complexity index is 479. The van der Waals surface area contributed by atoms with Crippen molar-refractivity contribution in [1.29, 1.82) is 0 Å². The van der Waals surface area contributed by atoms with Gasteiger partial charge in [0.1, 0.15) is 0 Å². The minimum atomic E-state index is -0.860. The second-order valence-electron chi connectivity index (χ2n) is 4.28. The molecule has 0 bridgehead atoms. The molecule has 1 atom stereocenters. The van der Waals surface area contributed by atoms with Gasteiger partial charge in [0.25, 0.3) is 5.91 Å². The maximum absolute atomic E-state index is 11.9. The van der Waals surface area contributed by atoms with Crippen molar-refractivity contribution in [3.63, 3.8) is 0 Å². The lowest BCUT2D eigenvalue weighted by atomic mass is 10.1. The Kier molecular flexibility index (Phi) is 5.23. The molecule has 0 aliphatic heterocycles. The topological polar surface area (TPSA) is 72.5 Å². The number of carbonyl (C=O) groups is 3. The first kappa shape index (κ1) is 14.9. The van der Waals surface area contributed by atoms with Crippen LogP contribution >= 0.6 is 0 Å². The second-order valence-corrected chi connectivity index (χ2v) is 4.28. The molecule has 1 aromatic rings. The molecule has 0 fully saturated rings. The predicted molar refractivity (Wildman–Crippen MR) is 69.7 cm³/mol. The zero-order valence-corrected chi connectivity index (χ0v) is 11.2. The Labute approximate surface area is 111 Å². The first-order valence-electron chi connectivity index (χ1n) is 5.89. The molecule has 1 N–H and O–H groups in total. The molecule has 0 aliphatic rings. The van der Waals surface area contributed by atoms with Gasteiger partial charge in [-0.1, -0.05) is 17.7 Å². The quantitative estimate of drug-likeness (QED) is 0.811. The van der Waals surface area contributed by atoms with E-state index in [1.807, 2.05) is 6.92 Å². The number of aryl methyl sites for hydroxylation is 1. The van der Waals surface area contributed by atoms with E-state index in [2.05, 4.69) is 10.1 Å². The first-order chi connectivity index (χ1) is 8.93. The van der Waals surface area contributed by atoms with Crippen molar-refractivity contribution in [2.24, 2.45) is 0 Å². The van der Waals surface area contributed by atoms with Crippen molar-refractivity contribution in [1.82, 2.24) is 5.32 Å². The van der Waals surface area contributed by atoms with Gasteiger partial charge in [-0.25, -0.2) is 0 Å². The third-order valence-corrected chi connectivity index (χ3v) is 2.71. The summed E-state index contributed by atoms with van der Waals surface area (Å²) in [5.41, 5.74) is 1.48. The summed E-state index contributed by atoms with van der Waals surface area (Å²) in [4.78, 5) is 34.5. The molecule has 0 radical (unpaired) electrons. The van der Waals surface area contributed by atoms with Crippen molar-refractivity contribution >= 4 is 17.7 Å². The van der Waals surface area contributed by atoms with Gasteiger partial charge in [-0.2, -0.15) is 0 Å². The van der Waals surface area contributed by atoms with Gasteiger partial charge in [-0.3, -0.25) is 14.4 Å². The standard InChI is InChI=1S/C14H17NO4/c1-9-4-6-11(7-5-9)14(18)15-12(10(2)16)8-13(17)19-3/h4-7,12H,8H2,1-3H3,(H,15,18)/t12-/m0/s1. The molecule has 1 aromatic carbocycles. The zero-order chi connectivity index (χ0) is 14.4. The Morgan fingerprint density at radius 1 is 1.21 bits per heavy atom. The lowest BCUT2D eigenvalue weighted by molar-refractivity contribution is -0.142. The van der Waals surface area contributed by atoms with Gasteiger partial charge in [-0.05, 0) is 26.0 Å². The van der Waals surface area contributed by atoms with Crippen LogP contribution in [0.2, 0.25) is 0 Å². The summed E-state index contributed by atoms with van der Waals surface area (Å²) in [6.45, 7) is 3.24. The number of nitrogens with one attached hydrogen (secondary N) is 1. The van der Waals surface area contributed by atoms with Crippen LogP contribution in [0.4, 0.5) is 0 Å². The summed E-state index contributed by atoms with van der Waals surface area (Å²) < 4.78 is 4.49. The average Bonchev–Trinajstić information content (AvgIpc) is 2.38. The molecule has 0 spiro atoms. The average molecular weight is 263 g/mol. The van der Waals surface area contributed by atoms with Crippen LogP contribution in [0.3, 0.4) is 0 Å². The summed E-state index contributed by atoms with van der Waals surface area (Å²) in [6, 6.07) is 6.08. The van der Waals surface area contributed by atoms with Crippen LogP contribution in [0, 0.1) is 6.92 Å². The molecule has 5 heteroatoms. The third-order valence-electron chi connectivity index (χ3n) is 2.71. The van der Waals surface area contributed by atoms with Crippen LogP contribution in [-0.2, 0) is 14.3 Å². The minimum Gasteiger partial charge on any atom is -0.469 e. The maximum atomic E-state index is 11.9. The summed E-state index contributed by atoms with van der Waals surface area (Å²) >= 11 is 0. The molecular weight excluding hydrogens is 246 g/mol. The van der Waals surface area contributed by atoms with Crippen molar-refractivity contribution < 1.29 is 19.1 Å². The van der Waals surface area contributed by atoms with E-state index >= 15 is 0 Å². The number of rotatable bonds is 5. The van der Waals surface area contributed by atoms with Crippen molar-refractivity contribution in [3.05, 3.63) is 35.4 Å². The van der Waals surface area contributed by atoms with Gasteiger partial charge in [0.2, 0.25) is 0 Å². The molecule has 0 heterocycles. The summed E-state index contributed by atoms with van der Waals surface area (Å²) in [5.74, 6) is -1.21.